The molecule has 0 saturated heterocycles. The molecule has 0 aliphatic carbocycles. The first kappa shape index (κ1) is 22.5. The van der Waals surface area contributed by atoms with Crippen molar-refractivity contribution >= 4 is 32.4 Å². The van der Waals surface area contributed by atoms with Crippen LogP contribution in [0.5, 0.6) is 0 Å². The van der Waals surface area contributed by atoms with Crippen LogP contribution >= 0.6 is 0 Å². The van der Waals surface area contributed by atoms with Crippen LogP contribution in [0.15, 0.2) is 97.3 Å². The third-order valence-electron chi connectivity index (χ3n) is 6.52. The van der Waals surface area contributed by atoms with E-state index in [1.54, 1.807) is 0 Å². The van der Waals surface area contributed by atoms with E-state index in [0.29, 0.717) is 19.4 Å². The first-order valence-electron chi connectivity index (χ1n) is 11.9. The number of rotatable bonds is 7. The van der Waals surface area contributed by atoms with Crippen LogP contribution in [0.25, 0.3) is 44.8 Å². The Morgan fingerprint density at radius 1 is 0.750 bits per heavy atom. The Labute approximate surface area is 208 Å². The molecule has 3 heterocycles. The van der Waals surface area contributed by atoms with E-state index in [2.05, 4.69) is 56.0 Å². The Hall–Kier alpha value is -4.01. The fraction of sp³-hybridized carbons (Fsp3) is 0.143. The second kappa shape index (κ2) is 8.89. The van der Waals surface area contributed by atoms with Crippen molar-refractivity contribution < 1.29 is 17.5 Å². The predicted octanol–water partition coefficient (Wildman–Crippen LogP) is 5.03. The zero-order valence-electron chi connectivity index (χ0n) is 19.5. The number of hydrogen-bond acceptors (Lipinski definition) is 3. The summed E-state index contributed by atoms with van der Waals surface area (Å²) in [5, 5.41) is 0. The molecule has 0 radical (unpaired) electrons. The molecule has 0 aliphatic heterocycles. The Morgan fingerprint density at radius 3 is 1.97 bits per heavy atom. The molecule has 0 bridgehead atoms. The summed E-state index contributed by atoms with van der Waals surface area (Å²) in [4.78, 5) is 4.89. The quantitative estimate of drug-likeness (QED) is 0.191. The minimum Gasteiger partial charge on any atom is -0.286 e. The van der Waals surface area contributed by atoms with Gasteiger partial charge in [0.1, 0.15) is 6.20 Å². The predicted molar refractivity (Wildman–Crippen MR) is 140 cm³/mol. The highest BCUT2D eigenvalue weighted by Crippen LogP contribution is 2.31. The molecule has 0 aliphatic rings. The van der Waals surface area contributed by atoms with E-state index >= 15 is 0 Å². The highest BCUT2D eigenvalue weighted by molar-refractivity contribution is 7.85. The van der Waals surface area contributed by atoms with Gasteiger partial charge in [-0.1, -0.05) is 72.8 Å². The summed E-state index contributed by atoms with van der Waals surface area (Å²) in [6, 6.07) is 28.7. The number of fused-ring (bicyclic) bond motifs is 6. The van der Waals surface area contributed by atoms with Crippen molar-refractivity contribution in [1.82, 2.24) is 13.8 Å². The summed E-state index contributed by atoms with van der Waals surface area (Å²) in [7, 11) is -3.98. The number of nitrogens with zero attached hydrogens (tertiary/aromatic N) is 4. The van der Waals surface area contributed by atoms with Gasteiger partial charge >= 0.3 is 5.65 Å². The Balaban J connectivity index is 1.64. The molecular formula is C28H25N4O3S+. The fourth-order valence-corrected chi connectivity index (χ4v) is 5.51. The molecule has 180 valence electrons. The molecule has 0 spiro atoms. The molecule has 3 aromatic heterocycles. The number of aryl methyl sites for hydroxylation is 1. The minimum absolute atomic E-state index is 0.245. The maximum absolute atomic E-state index is 11.2. The molecule has 0 amide bonds. The van der Waals surface area contributed by atoms with Crippen molar-refractivity contribution in [2.45, 2.75) is 19.4 Å². The maximum Gasteiger partial charge on any atom is 0.331 e. The molecule has 36 heavy (non-hydrogen) atoms. The van der Waals surface area contributed by atoms with E-state index in [4.69, 9.17) is 9.54 Å². The van der Waals surface area contributed by atoms with Gasteiger partial charge in [-0.25, -0.2) is 9.55 Å². The van der Waals surface area contributed by atoms with Crippen molar-refractivity contribution in [2.24, 2.45) is 0 Å². The van der Waals surface area contributed by atoms with Crippen molar-refractivity contribution in [3.63, 3.8) is 0 Å². The summed E-state index contributed by atoms with van der Waals surface area (Å²) >= 11 is 0. The average Bonchev–Trinajstić information content (AvgIpc) is 3.50. The van der Waals surface area contributed by atoms with Crippen molar-refractivity contribution in [1.29, 1.82) is 0 Å². The number of benzene rings is 3. The molecule has 0 fully saturated rings. The zero-order chi connectivity index (χ0) is 24.7. The standard InChI is InChI=1S/C28H24N4O3S/c33-36(34,35)18-10-9-17-30-20-26(22-13-5-2-6-14-22)32-24-16-8-7-15-23(24)31-25(19-29-27(31)28(30)32)21-11-3-1-4-12-21/h1-8,11-16,19-20H,9-10,17-18H2/p+1. The first-order chi connectivity index (χ1) is 17.5. The summed E-state index contributed by atoms with van der Waals surface area (Å²) < 4.78 is 38.2. The van der Waals surface area contributed by atoms with E-state index in [1.807, 2.05) is 54.7 Å². The van der Waals surface area contributed by atoms with Gasteiger partial charge in [0.25, 0.3) is 10.1 Å². The normalized spacial score (nSPS) is 12.1. The Kier molecular flexibility index (Phi) is 5.55. The average molecular weight is 498 g/mol. The molecular weight excluding hydrogens is 472 g/mol. The Morgan fingerprint density at radius 2 is 1.33 bits per heavy atom. The summed E-state index contributed by atoms with van der Waals surface area (Å²) in [5.41, 5.74) is 8.04. The van der Waals surface area contributed by atoms with Crippen LogP contribution in [0, 0.1) is 0 Å². The van der Waals surface area contributed by atoms with Crippen LogP contribution in [0.1, 0.15) is 12.8 Å². The number of unbranched alkanes of at least 4 members (excludes halogenated alkanes) is 1. The molecule has 7 nitrogen and oxygen atoms in total. The van der Waals surface area contributed by atoms with E-state index in [0.717, 1.165) is 44.8 Å². The molecule has 6 aromatic rings. The van der Waals surface area contributed by atoms with Gasteiger partial charge in [0, 0.05) is 11.1 Å². The lowest BCUT2D eigenvalue weighted by Crippen LogP contribution is -2.33. The fourth-order valence-electron chi connectivity index (χ4n) is 4.94. The molecule has 8 heteroatoms. The summed E-state index contributed by atoms with van der Waals surface area (Å²) in [6.07, 6.45) is 5.00. The SMILES string of the molecule is O=S(=O)(O)CCCC[n+]1cc(-c2ccccc2)n2c3ccccc3n3c(-c4ccccc4)cnc3c21. The van der Waals surface area contributed by atoms with Gasteiger partial charge in [0.15, 0.2) is 11.2 Å². The highest BCUT2D eigenvalue weighted by Gasteiger charge is 2.27. The molecule has 0 atom stereocenters. The van der Waals surface area contributed by atoms with Gasteiger partial charge < -0.3 is 0 Å². The van der Waals surface area contributed by atoms with Crippen LogP contribution in [0.4, 0.5) is 0 Å². The molecule has 1 N–H and O–H groups in total. The monoisotopic (exact) mass is 497 g/mol. The first-order valence-corrected chi connectivity index (χ1v) is 13.5. The van der Waals surface area contributed by atoms with Gasteiger partial charge in [-0.3, -0.25) is 8.95 Å². The lowest BCUT2D eigenvalue weighted by Gasteiger charge is -2.08. The van der Waals surface area contributed by atoms with Crippen LogP contribution in [-0.4, -0.2) is 32.5 Å². The highest BCUT2D eigenvalue weighted by atomic mass is 32.2. The number of hydrogen-bond donors (Lipinski definition) is 1. The second-order valence-electron chi connectivity index (χ2n) is 8.88. The lowest BCUT2D eigenvalue weighted by atomic mass is 10.1. The third kappa shape index (κ3) is 3.94. The van der Waals surface area contributed by atoms with E-state index in [1.165, 1.54) is 0 Å². The lowest BCUT2D eigenvalue weighted by molar-refractivity contribution is -0.670. The molecule has 0 unspecified atom stereocenters. The van der Waals surface area contributed by atoms with E-state index in [-0.39, 0.29) is 5.75 Å². The molecule has 0 saturated carbocycles. The molecule has 6 rings (SSSR count). The van der Waals surface area contributed by atoms with Crippen molar-refractivity contribution in [3.8, 4) is 22.5 Å². The van der Waals surface area contributed by atoms with Crippen LogP contribution in [0.3, 0.4) is 0 Å². The van der Waals surface area contributed by atoms with Gasteiger partial charge in [-0.2, -0.15) is 12.8 Å². The van der Waals surface area contributed by atoms with Crippen LogP contribution < -0.4 is 4.57 Å². The second-order valence-corrected chi connectivity index (χ2v) is 10.5. The number of para-hydroxylation sites is 2. The van der Waals surface area contributed by atoms with Crippen molar-refractivity contribution in [2.75, 3.05) is 5.75 Å². The maximum atomic E-state index is 11.2. The largest absolute Gasteiger partial charge is 0.331 e. The number of imidazole rings is 2. The smallest absolute Gasteiger partial charge is 0.286 e. The zero-order valence-corrected chi connectivity index (χ0v) is 20.3. The summed E-state index contributed by atoms with van der Waals surface area (Å²) in [5.74, 6) is -0.245. The van der Waals surface area contributed by atoms with Crippen LogP contribution in [0.2, 0.25) is 0 Å². The Bertz CT molecular complexity index is 1810. The van der Waals surface area contributed by atoms with Crippen LogP contribution in [-0.2, 0) is 16.7 Å². The third-order valence-corrected chi connectivity index (χ3v) is 7.32. The van der Waals surface area contributed by atoms with Crippen molar-refractivity contribution in [3.05, 3.63) is 97.3 Å². The van der Waals surface area contributed by atoms with Gasteiger partial charge in [-0.15, -0.1) is 0 Å². The van der Waals surface area contributed by atoms with E-state index < -0.39 is 10.1 Å². The van der Waals surface area contributed by atoms with E-state index in [9.17, 15) is 8.42 Å². The number of aromatic nitrogens is 4. The summed E-state index contributed by atoms with van der Waals surface area (Å²) in [6.45, 7) is 0.591. The van der Waals surface area contributed by atoms with Gasteiger partial charge in [0.2, 0.25) is 5.65 Å². The minimum atomic E-state index is -3.98. The molecule has 3 aromatic carbocycles. The van der Waals surface area contributed by atoms with Gasteiger partial charge in [0.05, 0.1) is 29.7 Å². The van der Waals surface area contributed by atoms with Gasteiger partial charge in [-0.05, 0) is 25.0 Å². The topological polar surface area (TPSA) is 80.0 Å².